The first-order valence-corrected chi connectivity index (χ1v) is 8.40. The Labute approximate surface area is 143 Å². The van der Waals surface area contributed by atoms with Crippen LogP contribution in [0.25, 0.3) is 0 Å². The smallest absolute Gasteiger partial charge is 0.306 e. The highest BCUT2D eigenvalue weighted by atomic mass is 79.9. The van der Waals surface area contributed by atoms with E-state index in [2.05, 4.69) is 15.9 Å². The van der Waals surface area contributed by atoms with Gasteiger partial charge in [0.25, 0.3) is 0 Å². The number of hydrogen-bond acceptors (Lipinski definition) is 4. The number of rotatable bonds is 6. The molecule has 1 aromatic carbocycles. The molecule has 0 N–H and O–H groups in total. The van der Waals surface area contributed by atoms with Crippen molar-refractivity contribution in [1.29, 1.82) is 0 Å². The maximum Gasteiger partial charge on any atom is 0.306 e. The van der Waals surface area contributed by atoms with Crippen molar-refractivity contribution in [2.45, 2.75) is 38.5 Å². The third-order valence-corrected chi connectivity index (χ3v) is 4.29. The number of aryl methyl sites for hydroxylation is 1. The van der Waals surface area contributed by atoms with Crippen LogP contribution in [0.2, 0.25) is 0 Å². The number of alkyl halides is 1. The molecule has 1 aromatic rings. The second kappa shape index (κ2) is 7.27. The van der Waals surface area contributed by atoms with E-state index in [1.165, 1.54) is 0 Å². The summed E-state index contributed by atoms with van der Waals surface area (Å²) < 4.78 is 34.6. The summed E-state index contributed by atoms with van der Waals surface area (Å²) in [6, 6.07) is 5.12. The average Bonchev–Trinajstić information content (AvgIpc) is 2.57. The molecule has 0 saturated heterocycles. The Hall–Kier alpha value is -1.36. The summed E-state index contributed by atoms with van der Waals surface area (Å²) in [5, 5.41) is -0.0438. The molecule has 5 heteroatoms. The van der Waals surface area contributed by atoms with Gasteiger partial charge in [-0.05, 0) is 32.2 Å². The summed E-state index contributed by atoms with van der Waals surface area (Å²) in [5.41, 5.74) is -0.505. The summed E-state index contributed by atoms with van der Waals surface area (Å²) in [6.07, 6.45) is 0.630. The maximum atomic E-state index is 12.6. The summed E-state index contributed by atoms with van der Waals surface area (Å²) in [7, 11) is 0. The Kier molecular flexibility index (Phi) is 4.33. The van der Waals surface area contributed by atoms with Crippen LogP contribution in [-0.4, -0.2) is 30.3 Å². The monoisotopic (exact) mass is 371 g/mol. The first-order valence-electron chi connectivity index (χ1n) is 8.78. The van der Waals surface area contributed by atoms with Crippen molar-refractivity contribution in [1.82, 2.24) is 0 Å². The summed E-state index contributed by atoms with van der Waals surface area (Å²) in [5.74, 6) is -0.308. The first kappa shape index (κ1) is 13.1. The molecule has 2 rings (SSSR count). The molecule has 1 unspecified atom stereocenters. The third-order valence-electron chi connectivity index (χ3n) is 3.78. The molecular weight excluding hydrogens is 348 g/mol. The standard InChI is InChI=1S/C17H21BrO4/c1-3-21-15(20)8-7-12-5-4-6-13-16(12)22-10-9-17(13,2)14(19)11-18/h4-6H,3,7-11H2,1-2H3/i2D3. The lowest BCUT2D eigenvalue weighted by Gasteiger charge is -2.35. The first-order chi connectivity index (χ1) is 11.8. The molecular formula is C17H21BrO4. The van der Waals surface area contributed by atoms with E-state index in [0.29, 0.717) is 29.9 Å². The van der Waals surface area contributed by atoms with Crippen molar-refractivity contribution in [3.05, 3.63) is 29.3 Å². The molecule has 120 valence electrons. The zero-order chi connectivity index (χ0) is 18.7. The van der Waals surface area contributed by atoms with E-state index in [0.717, 1.165) is 0 Å². The van der Waals surface area contributed by atoms with Crippen LogP contribution in [0.1, 0.15) is 41.9 Å². The fourth-order valence-corrected chi connectivity index (χ4v) is 3.08. The lowest BCUT2D eigenvalue weighted by Crippen LogP contribution is -2.38. The molecule has 0 fully saturated rings. The van der Waals surface area contributed by atoms with Gasteiger partial charge in [0.1, 0.15) is 5.75 Å². The highest BCUT2D eigenvalue weighted by Crippen LogP contribution is 2.41. The van der Waals surface area contributed by atoms with Crippen LogP contribution in [-0.2, 0) is 26.2 Å². The van der Waals surface area contributed by atoms with Crippen molar-refractivity contribution in [3.8, 4) is 5.75 Å². The number of ether oxygens (including phenoxy) is 2. The van der Waals surface area contributed by atoms with Crippen molar-refractivity contribution < 1.29 is 23.2 Å². The number of carbonyl (C=O) groups excluding carboxylic acids is 2. The Balaban J connectivity index is 2.46. The Morgan fingerprint density at radius 3 is 3.00 bits per heavy atom. The maximum absolute atomic E-state index is 12.6. The number of halogens is 1. The molecule has 0 aromatic heterocycles. The topological polar surface area (TPSA) is 52.6 Å². The minimum Gasteiger partial charge on any atom is -0.493 e. The fourth-order valence-electron chi connectivity index (χ4n) is 2.60. The summed E-state index contributed by atoms with van der Waals surface area (Å²) in [4.78, 5) is 24.2. The number of carbonyl (C=O) groups is 2. The third kappa shape index (κ3) is 3.35. The van der Waals surface area contributed by atoms with E-state index in [-0.39, 0.29) is 36.5 Å². The Morgan fingerprint density at radius 1 is 1.50 bits per heavy atom. The normalized spacial score (nSPS) is 22.5. The molecule has 4 nitrogen and oxygen atoms in total. The molecule has 1 aliphatic rings. The molecule has 0 amide bonds. The highest BCUT2D eigenvalue weighted by Gasteiger charge is 2.39. The van der Waals surface area contributed by atoms with Crippen molar-refractivity contribution in [2.24, 2.45) is 0 Å². The molecule has 0 radical (unpaired) electrons. The molecule has 0 spiro atoms. The van der Waals surface area contributed by atoms with Gasteiger partial charge in [-0.3, -0.25) is 9.59 Å². The number of para-hydroxylation sites is 1. The van der Waals surface area contributed by atoms with E-state index in [4.69, 9.17) is 13.6 Å². The molecule has 0 saturated carbocycles. The van der Waals surface area contributed by atoms with Gasteiger partial charge in [0.2, 0.25) is 0 Å². The SMILES string of the molecule is [2H]C([2H])([2H])C1(C(=O)CBr)CCOc2c(CCC(=O)OCC)cccc21. The van der Waals surface area contributed by atoms with Gasteiger partial charge in [-0.15, -0.1) is 0 Å². The highest BCUT2D eigenvalue weighted by molar-refractivity contribution is 9.09. The zero-order valence-electron chi connectivity index (χ0n) is 15.5. The Bertz CT molecular complexity index is 660. The van der Waals surface area contributed by atoms with Gasteiger partial charge in [-0.2, -0.15) is 0 Å². The molecule has 0 aliphatic carbocycles. The number of fused-ring (bicyclic) bond motifs is 1. The van der Waals surface area contributed by atoms with Crippen LogP contribution in [0.3, 0.4) is 0 Å². The van der Waals surface area contributed by atoms with Gasteiger partial charge in [0.15, 0.2) is 5.78 Å². The van der Waals surface area contributed by atoms with Crippen LogP contribution in [0.5, 0.6) is 5.75 Å². The van der Waals surface area contributed by atoms with E-state index in [9.17, 15) is 9.59 Å². The molecule has 1 atom stereocenters. The minimum absolute atomic E-state index is 0.0438. The minimum atomic E-state index is -2.49. The quantitative estimate of drug-likeness (QED) is 0.569. The molecule has 1 heterocycles. The van der Waals surface area contributed by atoms with E-state index in [1.807, 2.05) is 0 Å². The van der Waals surface area contributed by atoms with E-state index >= 15 is 0 Å². The number of benzene rings is 1. The number of Topliss-reactive ketones (excluding diaryl/α,β-unsaturated/α-hetero) is 1. The predicted octanol–water partition coefficient (Wildman–Crippen LogP) is 3.19. The molecule has 1 aliphatic heterocycles. The second-order valence-corrected chi connectivity index (χ2v) is 5.72. The van der Waals surface area contributed by atoms with E-state index in [1.54, 1.807) is 25.1 Å². The van der Waals surface area contributed by atoms with E-state index < -0.39 is 12.3 Å². The zero-order valence-corrected chi connectivity index (χ0v) is 14.1. The van der Waals surface area contributed by atoms with Crippen molar-refractivity contribution in [2.75, 3.05) is 18.5 Å². The molecule has 22 heavy (non-hydrogen) atoms. The number of hydrogen-bond donors (Lipinski definition) is 0. The van der Waals surface area contributed by atoms with Crippen LogP contribution in [0.4, 0.5) is 0 Å². The second-order valence-electron chi connectivity index (χ2n) is 5.16. The average molecular weight is 372 g/mol. The van der Waals surface area contributed by atoms with Crippen LogP contribution in [0.15, 0.2) is 18.2 Å². The van der Waals surface area contributed by atoms with Crippen molar-refractivity contribution in [3.63, 3.8) is 0 Å². The van der Waals surface area contributed by atoms with Crippen molar-refractivity contribution >= 4 is 27.7 Å². The van der Waals surface area contributed by atoms with Crippen LogP contribution < -0.4 is 4.74 Å². The van der Waals surface area contributed by atoms with Gasteiger partial charge < -0.3 is 9.47 Å². The van der Waals surface area contributed by atoms with Gasteiger partial charge in [-0.1, -0.05) is 34.1 Å². The lowest BCUT2D eigenvalue weighted by atomic mass is 9.74. The summed E-state index contributed by atoms with van der Waals surface area (Å²) >= 11 is 3.11. The predicted molar refractivity (Wildman–Crippen MR) is 87.7 cm³/mol. The van der Waals surface area contributed by atoms with Gasteiger partial charge in [-0.25, -0.2) is 0 Å². The number of ketones is 1. The van der Waals surface area contributed by atoms with Gasteiger partial charge in [0.05, 0.1) is 24.0 Å². The molecule has 0 bridgehead atoms. The van der Waals surface area contributed by atoms with Crippen LogP contribution >= 0.6 is 15.9 Å². The number of esters is 1. The fraction of sp³-hybridized carbons (Fsp3) is 0.529. The van der Waals surface area contributed by atoms with Gasteiger partial charge in [0, 0.05) is 16.1 Å². The van der Waals surface area contributed by atoms with Gasteiger partial charge >= 0.3 is 5.97 Å². The lowest BCUT2D eigenvalue weighted by molar-refractivity contribution is -0.143. The Morgan fingerprint density at radius 2 is 2.32 bits per heavy atom. The summed E-state index contributed by atoms with van der Waals surface area (Å²) in [6.45, 7) is -0.303. The van der Waals surface area contributed by atoms with Crippen LogP contribution in [0, 0.1) is 0 Å². The largest absolute Gasteiger partial charge is 0.493 e.